The van der Waals surface area contributed by atoms with Crippen LogP contribution in [0.3, 0.4) is 0 Å². The first kappa shape index (κ1) is 11.7. The summed E-state index contributed by atoms with van der Waals surface area (Å²) in [5.74, 6) is 0.238. The van der Waals surface area contributed by atoms with Gasteiger partial charge in [-0.3, -0.25) is 9.78 Å². The second-order valence-corrected chi connectivity index (χ2v) is 5.46. The van der Waals surface area contributed by atoms with Crippen LogP contribution in [0.25, 0.3) is 0 Å². The van der Waals surface area contributed by atoms with E-state index in [1.807, 2.05) is 12.1 Å². The molecule has 2 unspecified atom stereocenters. The van der Waals surface area contributed by atoms with Crippen LogP contribution in [0.5, 0.6) is 0 Å². The predicted octanol–water partition coefficient (Wildman–Crippen LogP) is 1.10. The number of nitrogens with zero attached hydrogens (tertiary/aromatic N) is 2. The second-order valence-electron chi connectivity index (χ2n) is 5.46. The van der Waals surface area contributed by atoms with E-state index < -0.39 is 0 Å². The lowest BCUT2D eigenvalue weighted by Gasteiger charge is -2.37. The van der Waals surface area contributed by atoms with Crippen LogP contribution in [0.4, 0.5) is 0 Å². The first-order valence-electron chi connectivity index (χ1n) is 6.69. The van der Waals surface area contributed by atoms with Crippen molar-refractivity contribution in [3.63, 3.8) is 0 Å². The van der Waals surface area contributed by atoms with Crippen LogP contribution in [-0.2, 0) is 11.2 Å². The quantitative estimate of drug-likeness (QED) is 0.849. The third-order valence-corrected chi connectivity index (χ3v) is 4.14. The maximum atomic E-state index is 12.4. The minimum Gasteiger partial charge on any atom is -0.336 e. The number of aromatic nitrogens is 1. The van der Waals surface area contributed by atoms with E-state index in [1.165, 1.54) is 0 Å². The summed E-state index contributed by atoms with van der Waals surface area (Å²) in [5.41, 5.74) is 7.02. The fourth-order valence-electron chi connectivity index (χ4n) is 3.39. The summed E-state index contributed by atoms with van der Waals surface area (Å²) >= 11 is 0. The van der Waals surface area contributed by atoms with Gasteiger partial charge in [0.15, 0.2) is 0 Å². The Balaban J connectivity index is 1.70. The SMILES string of the molecule is NC1CC2CCC(C1)N2C(=O)Cc1cccnc1. The molecule has 0 aromatic carbocycles. The molecule has 2 saturated heterocycles. The molecule has 2 N–H and O–H groups in total. The van der Waals surface area contributed by atoms with E-state index in [0.717, 1.165) is 31.2 Å². The molecule has 0 aliphatic carbocycles. The van der Waals surface area contributed by atoms with Crippen LogP contribution in [-0.4, -0.2) is 33.9 Å². The molecule has 1 amide bonds. The maximum Gasteiger partial charge on any atom is 0.227 e. The van der Waals surface area contributed by atoms with Crippen LogP contribution in [0.2, 0.25) is 0 Å². The molecule has 2 aliphatic rings. The molecule has 2 aliphatic heterocycles. The zero-order valence-electron chi connectivity index (χ0n) is 10.5. The van der Waals surface area contributed by atoms with Crippen molar-refractivity contribution in [3.8, 4) is 0 Å². The summed E-state index contributed by atoms with van der Waals surface area (Å²) in [6, 6.07) is 4.88. The Morgan fingerprint density at radius 3 is 2.72 bits per heavy atom. The van der Waals surface area contributed by atoms with Crippen molar-refractivity contribution in [2.75, 3.05) is 0 Å². The highest BCUT2D eigenvalue weighted by Crippen LogP contribution is 2.35. The average molecular weight is 245 g/mol. The van der Waals surface area contributed by atoms with Crippen molar-refractivity contribution in [2.45, 2.75) is 50.2 Å². The van der Waals surface area contributed by atoms with Crippen molar-refractivity contribution in [1.29, 1.82) is 0 Å². The average Bonchev–Trinajstić information content (AvgIpc) is 2.63. The van der Waals surface area contributed by atoms with Gasteiger partial charge in [-0.2, -0.15) is 0 Å². The lowest BCUT2D eigenvalue weighted by atomic mass is 9.97. The summed E-state index contributed by atoms with van der Waals surface area (Å²) < 4.78 is 0. The van der Waals surface area contributed by atoms with Gasteiger partial charge in [-0.15, -0.1) is 0 Å². The first-order valence-corrected chi connectivity index (χ1v) is 6.69. The molecular weight excluding hydrogens is 226 g/mol. The van der Waals surface area contributed by atoms with Crippen molar-refractivity contribution in [3.05, 3.63) is 30.1 Å². The largest absolute Gasteiger partial charge is 0.336 e. The second kappa shape index (κ2) is 4.69. The summed E-state index contributed by atoms with van der Waals surface area (Å²) in [7, 11) is 0. The Bertz CT molecular complexity index is 420. The minimum atomic E-state index is 0.238. The molecule has 1 aromatic heterocycles. The maximum absolute atomic E-state index is 12.4. The Kier molecular flexibility index (Phi) is 3.04. The highest BCUT2D eigenvalue weighted by Gasteiger charge is 2.41. The summed E-state index contributed by atoms with van der Waals surface area (Å²) in [5, 5.41) is 0. The third-order valence-electron chi connectivity index (χ3n) is 4.14. The van der Waals surface area contributed by atoms with Gasteiger partial charge in [0.25, 0.3) is 0 Å². The number of hydrogen-bond donors (Lipinski definition) is 1. The van der Waals surface area contributed by atoms with E-state index in [2.05, 4.69) is 9.88 Å². The smallest absolute Gasteiger partial charge is 0.227 e. The molecule has 96 valence electrons. The van der Waals surface area contributed by atoms with Gasteiger partial charge in [0.05, 0.1) is 6.42 Å². The lowest BCUT2D eigenvalue weighted by Crippen LogP contribution is -2.50. The highest BCUT2D eigenvalue weighted by atomic mass is 16.2. The normalized spacial score (nSPS) is 30.5. The fraction of sp³-hybridized carbons (Fsp3) is 0.571. The van der Waals surface area contributed by atoms with Crippen LogP contribution in [0, 0.1) is 0 Å². The van der Waals surface area contributed by atoms with E-state index >= 15 is 0 Å². The number of nitrogens with two attached hydrogens (primary N) is 1. The zero-order chi connectivity index (χ0) is 12.5. The monoisotopic (exact) mass is 245 g/mol. The Morgan fingerprint density at radius 2 is 2.11 bits per heavy atom. The molecule has 3 rings (SSSR count). The molecule has 0 saturated carbocycles. The summed E-state index contributed by atoms with van der Waals surface area (Å²) in [4.78, 5) is 18.5. The number of piperidine rings is 1. The molecular formula is C14H19N3O. The number of amides is 1. The molecule has 3 heterocycles. The molecule has 2 bridgehead atoms. The number of carbonyl (C=O) groups excluding carboxylic acids is 1. The predicted molar refractivity (Wildman–Crippen MR) is 68.8 cm³/mol. The molecule has 0 radical (unpaired) electrons. The highest BCUT2D eigenvalue weighted by molar-refractivity contribution is 5.79. The van der Waals surface area contributed by atoms with E-state index in [0.29, 0.717) is 18.5 Å². The van der Waals surface area contributed by atoms with Gasteiger partial charge in [-0.05, 0) is 37.3 Å². The molecule has 2 atom stereocenters. The Labute approximate surface area is 107 Å². The summed E-state index contributed by atoms with van der Waals surface area (Å²) in [6.45, 7) is 0. The number of carbonyl (C=O) groups is 1. The van der Waals surface area contributed by atoms with Gasteiger partial charge in [0, 0.05) is 30.5 Å². The zero-order valence-corrected chi connectivity index (χ0v) is 10.5. The van der Waals surface area contributed by atoms with Crippen molar-refractivity contribution >= 4 is 5.91 Å². The van der Waals surface area contributed by atoms with Gasteiger partial charge in [0.2, 0.25) is 5.91 Å². The van der Waals surface area contributed by atoms with Gasteiger partial charge in [-0.1, -0.05) is 6.07 Å². The van der Waals surface area contributed by atoms with Gasteiger partial charge >= 0.3 is 0 Å². The van der Waals surface area contributed by atoms with Crippen molar-refractivity contribution < 1.29 is 4.79 Å². The molecule has 4 heteroatoms. The molecule has 4 nitrogen and oxygen atoms in total. The molecule has 2 fully saturated rings. The Hall–Kier alpha value is -1.42. The fourth-order valence-corrected chi connectivity index (χ4v) is 3.39. The molecule has 0 spiro atoms. The van der Waals surface area contributed by atoms with Crippen LogP contribution in [0.1, 0.15) is 31.2 Å². The number of pyridine rings is 1. The molecule has 18 heavy (non-hydrogen) atoms. The first-order chi connectivity index (χ1) is 8.74. The van der Waals surface area contributed by atoms with Crippen LogP contribution >= 0.6 is 0 Å². The van der Waals surface area contributed by atoms with Gasteiger partial charge in [0.1, 0.15) is 0 Å². The van der Waals surface area contributed by atoms with Gasteiger partial charge < -0.3 is 10.6 Å². The summed E-state index contributed by atoms with van der Waals surface area (Å²) in [6.07, 6.45) is 8.15. The lowest BCUT2D eigenvalue weighted by molar-refractivity contribution is -0.135. The standard InChI is InChI=1S/C14H19N3O/c15-11-7-12-3-4-13(8-11)17(12)14(18)6-10-2-1-5-16-9-10/h1-2,5,9,11-13H,3-4,6-8,15H2. The third kappa shape index (κ3) is 2.12. The Morgan fingerprint density at radius 1 is 1.39 bits per heavy atom. The van der Waals surface area contributed by atoms with E-state index in [-0.39, 0.29) is 11.9 Å². The van der Waals surface area contributed by atoms with Gasteiger partial charge in [-0.25, -0.2) is 0 Å². The molecule has 1 aromatic rings. The minimum absolute atomic E-state index is 0.238. The number of fused-ring (bicyclic) bond motifs is 2. The van der Waals surface area contributed by atoms with Crippen LogP contribution < -0.4 is 5.73 Å². The van der Waals surface area contributed by atoms with E-state index in [4.69, 9.17) is 5.73 Å². The number of hydrogen-bond acceptors (Lipinski definition) is 3. The van der Waals surface area contributed by atoms with Crippen LogP contribution in [0.15, 0.2) is 24.5 Å². The van der Waals surface area contributed by atoms with E-state index in [1.54, 1.807) is 12.4 Å². The van der Waals surface area contributed by atoms with Crippen molar-refractivity contribution in [1.82, 2.24) is 9.88 Å². The number of rotatable bonds is 2. The topological polar surface area (TPSA) is 59.2 Å². The van der Waals surface area contributed by atoms with E-state index in [9.17, 15) is 4.79 Å². The van der Waals surface area contributed by atoms with Crippen molar-refractivity contribution in [2.24, 2.45) is 5.73 Å².